The van der Waals surface area contributed by atoms with Gasteiger partial charge in [0, 0.05) is 51.2 Å². The second-order valence-corrected chi connectivity index (χ2v) is 11.3. The maximum Gasteiger partial charge on any atom is 0.256 e. The van der Waals surface area contributed by atoms with Gasteiger partial charge in [-0.3, -0.25) is 9.59 Å². The average molecular weight is 578 g/mol. The molecule has 1 atom stereocenters. The van der Waals surface area contributed by atoms with Crippen molar-refractivity contribution in [1.82, 2.24) is 9.88 Å². The molecule has 2 aliphatic heterocycles. The Morgan fingerprint density at radius 1 is 1.09 bits per heavy atom. The summed E-state index contributed by atoms with van der Waals surface area (Å²) >= 11 is 0. The van der Waals surface area contributed by atoms with Crippen LogP contribution in [0.1, 0.15) is 23.2 Å². The van der Waals surface area contributed by atoms with E-state index in [1.165, 1.54) is 6.07 Å². The van der Waals surface area contributed by atoms with Gasteiger partial charge in [-0.2, -0.15) is 0 Å². The molecule has 8 nitrogen and oxygen atoms in total. The molecule has 7 rings (SSSR count). The minimum absolute atomic E-state index is 0.0498. The maximum absolute atomic E-state index is 15.9. The fraction of sp³-hybridized carbons (Fsp3) is 0.235. The lowest BCUT2D eigenvalue weighted by Gasteiger charge is -2.29. The second-order valence-electron chi connectivity index (χ2n) is 11.3. The van der Waals surface area contributed by atoms with E-state index >= 15 is 4.39 Å². The lowest BCUT2D eigenvalue weighted by Crippen LogP contribution is -2.32. The van der Waals surface area contributed by atoms with E-state index in [2.05, 4.69) is 10.2 Å². The third-order valence-corrected chi connectivity index (χ3v) is 8.41. The molecule has 9 heteroatoms. The Kier molecular flexibility index (Phi) is 6.74. The molecule has 1 fully saturated rings. The Morgan fingerprint density at radius 2 is 1.84 bits per heavy atom. The molecule has 2 aliphatic rings. The van der Waals surface area contributed by atoms with Crippen LogP contribution < -0.4 is 31.0 Å². The van der Waals surface area contributed by atoms with E-state index < -0.39 is 17.2 Å². The van der Waals surface area contributed by atoms with Crippen LogP contribution in [0.4, 0.5) is 15.8 Å². The number of nitrogens with zero attached hydrogens (tertiary/aromatic N) is 3. The Morgan fingerprint density at radius 3 is 2.58 bits per heavy atom. The number of carbonyl (C=O) groups is 1. The first-order chi connectivity index (χ1) is 20.9. The first-order valence-electron chi connectivity index (χ1n) is 14.6. The van der Waals surface area contributed by atoms with Gasteiger partial charge in [0.15, 0.2) is 17.3 Å². The number of ether oxygens (including phenoxy) is 1. The zero-order valence-electron chi connectivity index (χ0n) is 23.8. The predicted molar refractivity (Wildman–Crippen MR) is 169 cm³/mol. The van der Waals surface area contributed by atoms with Crippen molar-refractivity contribution in [1.29, 1.82) is 0 Å². The highest BCUT2D eigenvalue weighted by molar-refractivity contribution is 6.02. The summed E-state index contributed by atoms with van der Waals surface area (Å²) in [6.45, 7) is 2.16. The normalized spacial score (nSPS) is 15.4. The summed E-state index contributed by atoms with van der Waals surface area (Å²) in [6, 6.07) is 22.9. The van der Waals surface area contributed by atoms with Gasteiger partial charge in [0.2, 0.25) is 5.43 Å². The highest BCUT2D eigenvalue weighted by atomic mass is 19.1. The molecule has 1 aromatic heterocycles. The number of para-hydroxylation sites is 1. The molecule has 1 amide bonds. The van der Waals surface area contributed by atoms with E-state index in [1.54, 1.807) is 10.8 Å². The zero-order valence-corrected chi connectivity index (χ0v) is 23.8. The number of hydrogen-bond donors (Lipinski definition) is 2. The zero-order chi connectivity index (χ0) is 29.7. The molecule has 218 valence electrons. The molecule has 43 heavy (non-hydrogen) atoms. The van der Waals surface area contributed by atoms with Gasteiger partial charge in [-0.15, -0.1) is 0 Å². The molecule has 1 unspecified atom stereocenters. The average Bonchev–Trinajstić information content (AvgIpc) is 3.45. The second kappa shape index (κ2) is 10.7. The van der Waals surface area contributed by atoms with Crippen LogP contribution in [0.3, 0.4) is 0 Å². The molecule has 3 N–H and O–H groups in total. The highest BCUT2D eigenvalue weighted by Gasteiger charge is 2.32. The Hall–Kier alpha value is -4.89. The smallest absolute Gasteiger partial charge is 0.256 e. The molecule has 3 heterocycles. The molecule has 1 saturated heterocycles. The van der Waals surface area contributed by atoms with Gasteiger partial charge in [-0.25, -0.2) is 4.39 Å². The van der Waals surface area contributed by atoms with Crippen LogP contribution in [0.5, 0.6) is 11.5 Å². The first kappa shape index (κ1) is 27.0. The first-order valence-corrected chi connectivity index (χ1v) is 14.6. The quantitative estimate of drug-likeness (QED) is 0.254. The molecular formula is C34H32FN5O3. The van der Waals surface area contributed by atoms with Gasteiger partial charge >= 0.3 is 0 Å². The van der Waals surface area contributed by atoms with Crippen LogP contribution in [-0.4, -0.2) is 49.7 Å². The number of anilines is 2. The van der Waals surface area contributed by atoms with Crippen LogP contribution in [0.15, 0.2) is 83.8 Å². The van der Waals surface area contributed by atoms with Crippen LogP contribution in [0.2, 0.25) is 0 Å². The van der Waals surface area contributed by atoms with Gasteiger partial charge < -0.3 is 30.2 Å². The summed E-state index contributed by atoms with van der Waals surface area (Å²) in [6.07, 6.45) is 2.97. The van der Waals surface area contributed by atoms with Crippen molar-refractivity contribution in [3.8, 4) is 17.2 Å². The number of benzene rings is 4. The van der Waals surface area contributed by atoms with Gasteiger partial charge in [-0.1, -0.05) is 42.5 Å². The van der Waals surface area contributed by atoms with Crippen molar-refractivity contribution in [3.05, 3.63) is 101 Å². The summed E-state index contributed by atoms with van der Waals surface area (Å²) in [5, 5.41) is 4.92. The number of nitrogens with two attached hydrogens (primary N) is 1. The van der Waals surface area contributed by atoms with Gasteiger partial charge in [0.25, 0.3) is 5.91 Å². The molecule has 0 aliphatic carbocycles. The minimum atomic E-state index is -0.578. The number of nitrogens with one attached hydrogen (secondary N) is 1. The van der Waals surface area contributed by atoms with E-state index in [4.69, 9.17) is 10.5 Å². The van der Waals surface area contributed by atoms with E-state index in [9.17, 15) is 9.59 Å². The standard InChI is InChI=1S/C34H32FN5O3/c1-38(24-10-3-2-4-11-24)14-7-13-37-34(42)26-20-40-28-16-21-8-5-6-9-22(21)17-29(28)43-33-30(40)25(32(26)41)18-27(35)31(33)39-15-12-23(36)19-39/h2-6,8-11,16-18,20,23H,7,12-15,19,36H2,1H3,(H,37,42). The van der Waals surface area contributed by atoms with Crippen molar-refractivity contribution in [2.45, 2.75) is 18.9 Å². The molecular weight excluding hydrogens is 545 g/mol. The van der Waals surface area contributed by atoms with Crippen LogP contribution >= 0.6 is 0 Å². The topological polar surface area (TPSA) is 92.8 Å². The molecule has 0 bridgehead atoms. The molecule has 0 saturated carbocycles. The lowest BCUT2D eigenvalue weighted by atomic mass is 10.0. The predicted octanol–water partition coefficient (Wildman–Crippen LogP) is 5.18. The number of fused-ring (bicyclic) bond motifs is 3. The third kappa shape index (κ3) is 4.75. The number of carbonyl (C=O) groups excluding carboxylic acids is 1. The highest BCUT2D eigenvalue weighted by Crippen LogP contribution is 2.48. The van der Waals surface area contributed by atoms with Crippen molar-refractivity contribution in [2.24, 2.45) is 5.73 Å². The number of halogens is 1. The van der Waals surface area contributed by atoms with E-state index in [-0.39, 0.29) is 28.4 Å². The van der Waals surface area contributed by atoms with Crippen molar-refractivity contribution < 1.29 is 13.9 Å². The van der Waals surface area contributed by atoms with Crippen molar-refractivity contribution in [2.75, 3.05) is 43.0 Å². The Balaban J connectivity index is 1.28. The number of rotatable bonds is 7. The van der Waals surface area contributed by atoms with Crippen LogP contribution in [0.25, 0.3) is 27.4 Å². The summed E-state index contributed by atoms with van der Waals surface area (Å²) < 4.78 is 24.1. The number of aromatic nitrogens is 1. The van der Waals surface area contributed by atoms with Crippen LogP contribution in [0, 0.1) is 5.82 Å². The number of hydrogen-bond acceptors (Lipinski definition) is 6. The molecule has 0 radical (unpaired) electrons. The summed E-state index contributed by atoms with van der Waals surface area (Å²) in [5.41, 5.74) is 8.05. The van der Waals surface area contributed by atoms with E-state index in [0.29, 0.717) is 43.0 Å². The van der Waals surface area contributed by atoms with Gasteiger partial charge in [0.05, 0.1) is 11.1 Å². The lowest BCUT2D eigenvalue weighted by molar-refractivity contribution is 0.0952. The maximum atomic E-state index is 15.9. The van der Waals surface area contributed by atoms with Crippen molar-refractivity contribution in [3.63, 3.8) is 0 Å². The number of amides is 1. The number of pyridine rings is 1. The van der Waals surface area contributed by atoms with E-state index in [0.717, 1.165) is 29.4 Å². The third-order valence-electron chi connectivity index (χ3n) is 8.41. The SMILES string of the molecule is CN(CCCNC(=O)c1cn2c3c(c(N4CCC(N)C4)c(F)cc3c1=O)Oc1cc3ccccc3cc1-2)c1ccccc1. The fourth-order valence-electron chi connectivity index (χ4n) is 6.16. The van der Waals surface area contributed by atoms with Crippen molar-refractivity contribution >= 4 is 39.0 Å². The summed E-state index contributed by atoms with van der Waals surface area (Å²) in [5.74, 6) is -0.295. The largest absolute Gasteiger partial charge is 0.451 e. The fourth-order valence-corrected chi connectivity index (χ4v) is 6.16. The minimum Gasteiger partial charge on any atom is -0.451 e. The molecule has 0 spiro atoms. The molecule has 5 aromatic rings. The summed E-state index contributed by atoms with van der Waals surface area (Å²) in [4.78, 5) is 31.2. The van der Waals surface area contributed by atoms with Gasteiger partial charge in [0.1, 0.15) is 16.8 Å². The monoisotopic (exact) mass is 577 g/mol. The Labute approximate surface area is 248 Å². The van der Waals surface area contributed by atoms with Gasteiger partial charge in [-0.05, 0) is 53.9 Å². The Bertz CT molecular complexity index is 1940. The van der Waals surface area contributed by atoms with Crippen LogP contribution in [-0.2, 0) is 0 Å². The summed E-state index contributed by atoms with van der Waals surface area (Å²) in [7, 11) is 2.00. The molecule has 4 aromatic carbocycles. The van der Waals surface area contributed by atoms with E-state index in [1.807, 2.05) is 78.7 Å².